The second-order valence-electron chi connectivity index (χ2n) is 6.03. The fourth-order valence-corrected chi connectivity index (χ4v) is 2.67. The summed E-state index contributed by atoms with van der Waals surface area (Å²) in [5, 5.41) is 3.48. The Balaban J connectivity index is -0.000000725. The molecule has 1 rings (SSSR count). The molecule has 1 amide bonds. The van der Waals surface area contributed by atoms with Gasteiger partial charge in [-0.15, -0.1) is 0 Å². The first-order valence-electron chi connectivity index (χ1n) is 10.7. The lowest BCUT2D eigenvalue weighted by Gasteiger charge is -2.20. The second kappa shape index (κ2) is 21.4. The van der Waals surface area contributed by atoms with Crippen LogP contribution in [0.25, 0.3) is 0 Å². The summed E-state index contributed by atoms with van der Waals surface area (Å²) in [6, 6.07) is 0.563. The molecule has 1 heterocycles. The maximum atomic E-state index is 11.9. The largest absolute Gasteiger partial charge is 0.347 e. The lowest BCUT2D eigenvalue weighted by atomic mass is 10.1. The summed E-state index contributed by atoms with van der Waals surface area (Å²) in [4.78, 5) is 16.0. The van der Waals surface area contributed by atoms with E-state index in [-0.39, 0.29) is 11.9 Å². The highest BCUT2D eigenvalue weighted by molar-refractivity contribution is 5.81. The molecule has 1 aliphatic rings. The predicted molar refractivity (Wildman–Crippen MR) is 114 cm³/mol. The maximum absolute atomic E-state index is 11.9. The molecule has 1 aliphatic heterocycles. The van der Waals surface area contributed by atoms with Crippen molar-refractivity contribution in [3.05, 3.63) is 0 Å². The number of rotatable bonds is 8. The Hall–Kier alpha value is -0.610. The van der Waals surface area contributed by atoms with Gasteiger partial charge in [0, 0.05) is 20.1 Å². The number of hydrogen-bond donors (Lipinski definition) is 1. The maximum Gasteiger partial charge on any atom is 0.239 e. The van der Waals surface area contributed by atoms with Gasteiger partial charge in [0.25, 0.3) is 0 Å². The average molecular weight is 360 g/mol. The van der Waals surface area contributed by atoms with E-state index in [0.29, 0.717) is 6.04 Å². The third-order valence-electron chi connectivity index (χ3n) is 3.98. The number of nitrogens with one attached hydrogen (secondary N) is 1. The van der Waals surface area contributed by atoms with Gasteiger partial charge in [-0.3, -0.25) is 4.79 Å². The molecule has 0 spiro atoms. The van der Waals surface area contributed by atoms with Gasteiger partial charge in [-0.1, -0.05) is 61.3 Å². The molecule has 0 bridgehead atoms. The van der Waals surface area contributed by atoms with E-state index in [4.69, 9.17) is 0 Å². The lowest BCUT2D eigenvalue weighted by molar-refractivity contribution is -0.130. The Bertz CT molecular complexity index is 270. The van der Waals surface area contributed by atoms with Crippen LogP contribution < -0.4 is 5.32 Å². The number of hydrogen-bond acceptors (Lipinski definition) is 3. The number of likely N-dealkylation sites (N-methyl/N-ethyl adjacent to an activating group) is 1. The Morgan fingerprint density at radius 2 is 1.48 bits per heavy atom. The van der Waals surface area contributed by atoms with Crippen molar-refractivity contribution in [3.63, 3.8) is 0 Å². The monoisotopic (exact) mass is 359 g/mol. The normalized spacial score (nSPS) is 18.2. The molecule has 2 atom stereocenters. The fourth-order valence-electron chi connectivity index (χ4n) is 2.67. The van der Waals surface area contributed by atoms with Gasteiger partial charge < -0.3 is 15.1 Å². The zero-order chi connectivity index (χ0) is 20.3. The van der Waals surface area contributed by atoms with E-state index in [1.54, 1.807) is 4.90 Å². The first-order chi connectivity index (χ1) is 12.0. The third kappa shape index (κ3) is 15.4. The standard InChI is InChI=1S/C15H31N3O.3C2H6/c1-5-6-7-11-18(4)12-10-13-8-9-14(16-13)15(19)17(2)3;3*1-2/h13-14,16H,5-12H2,1-4H3;3*1-2H3. The number of amides is 1. The van der Waals surface area contributed by atoms with Gasteiger partial charge >= 0.3 is 0 Å². The molecule has 1 N–H and O–H groups in total. The van der Waals surface area contributed by atoms with Crippen LogP contribution >= 0.6 is 0 Å². The highest BCUT2D eigenvalue weighted by atomic mass is 16.2. The minimum atomic E-state index is 0.0467. The molecule has 2 unspecified atom stereocenters. The highest BCUT2D eigenvalue weighted by Gasteiger charge is 2.29. The van der Waals surface area contributed by atoms with Crippen LogP contribution in [-0.2, 0) is 4.79 Å². The molecule has 0 radical (unpaired) electrons. The molecule has 4 heteroatoms. The van der Waals surface area contributed by atoms with Gasteiger partial charge in [0.05, 0.1) is 6.04 Å². The van der Waals surface area contributed by atoms with E-state index in [2.05, 4.69) is 24.2 Å². The molecule has 0 aliphatic carbocycles. The summed E-state index contributed by atoms with van der Waals surface area (Å²) in [6.45, 7) is 16.6. The van der Waals surface area contributed by atoms with Crippen LogP contribution in [0.4, 0.5) is 0 Å². The Morgan fingerprint density at radius 1 is 0.920 bits per heavy atom. The molecule has 25 heavy (non-hydrogen) atoms. The first-order valence-corrected chi connectivity index (χ1v) is 10.7. The first kappa shape index (κ1) is 29.2. The van der Waals surface area contributed by atoms with E-state index in [9.17, 15) is 4.79 Å². The van der Waals surface area contributed by atoms with Gasteiger partial charge in [-0.25, -0.2) is 0 Å². The molecular formula is C21H49N3O. The van der Waals surface area contributed by atoms with E-state index in [0.717, 1.165) is 25.8 Å². The van der Waals surface area contributed by atoms with Crippen molar-refractivity contribution in [1.82, 2.24) is 15.1 Å². The van der Waals surface area contributed by atoms with Crippen molar-refractivity contribution in [2.75, 3.05) is 34.2 Å². The van der Waals surface area contributed by atoms with Gasteiger partial charge in [0.2, 0.25) is 5.91 Å². The molecule has 1 fully saturated rings. The van der Waals surface area contributed by atoms with E-state index < -0.39 is 0 Å². The topological polar surface area (TPSA) is 35.6 Å². The van der Waals surface area contributed by atoms with Gasteiger partial charge in [-0.05, 0) is 45.8 Å². The Kier molecular flexibility index (Phi) is 25.0. The summed E-state index contributed by atoms with van der Waals surface area (Å²) in [6.07, 6.45) is 7.18. The summed E-state index contributed by atoms with van der Waals surface area (Å²) in [5.74, 6) is 0.221. The van der Waals surface area contributed by atoms with Crippen LogP contribution in [0.15, 0.2) is 0 Å². The Morgan fingerprint density at radius 3 is 1.96 bits per heavy atom. The van der Waals surface area contributed by atoms with E-state index in [1.807, 2.05) is 55.6 Å². The quantitative estimate of drug-likeness (QED) is 0.633. The number of carbonyl (C=O) groups excluding carboxylic acids is 1. The smallest absolute Gasteiger partial charge is 0.239 e. The van der Waals surface area contributed by atoms with Crippen LogP contribution in [0, 0.1) is 0 Å². The summed E-state index contributed by atoms with van der Waals surface area (Å²) in [7, 11) is 5.87. The number of nitrogens with zero attached hydrogens (tertiary/aromatic N) is 2. The molecule has 4 nitrogen and oxygen atoms in total. The molecule has 0 aromatic rings. The SMILES string of the molecule is CC.CC.CC.CCCCCN(C)CCC1CCC(C(=O)N(C)C)N1. The van der Waals surface area contributed by atoms with Gasteiger partial charge in [-0.2, -0.15) is 0 Å². The third-order valence-corrected chi connectivity index (χ3v) is 3.98. The highest BCUT2D eigenvalue weighted by Crippen LogP contribution is 2.16. The van der Waals surface area contributed by atoms with Crippen LogP contribution in [0.1, 0.15) is 87.0 Å². The van der Waals surface area contributed by atoms with Crippen molar-refractivity contribution in [1.29, 1.82) is 0 Å². The summed E-state index contributed by atoms with van der Waals surface area (Å²) < 4.78 is 0. The molecule has 0 saturated carbocycles. The Labute approximate surface area is 159 Å². The van der Waals surface area contributed by atoms with Gasteiger partial charge in [0.15, 0.2) is 0 Å². The van der Waals surface area contributed by atoms with E-state index >= 15 is 0 Å². The lowest BCUT2D eigenvalue weighted by Crippen LogP contribution is -2.42. The van der Waals surface area contributed by atoms with E-state index in [1.165, 1.54) is 25.8 Å². The number of carbonyl (C=O) groups is 1. The predicted octanol–water partition coefficient (Wildman–Crippen LogP) is 4.79. The zero-order valence-electron chi connectivity index (χ0n) is 19.1. The van der Waals surface area contributed by atoms with Crippen molar-refractivity contribution in [3.8, 4) is 0 Å². The van der Waals surface area contributed by atoms with Crippen molar-refractivity contribution >= 4 is 5.91 Å². The van der Waals surface area contributed by atoms with Crippen LogP contribution in [0.2, 0.25) is 0 Å². The van der Waals surface area contributed by atoms with Crippen LogP contribution in [-0.4, -0.2) is 62.0 Å². The number of unbranched alkanes of at least 4 members (excludes halogenated alkanes) is 2. The van der Waals surface area contributed by atoms with Crippen LogP contribution in [0.5, 0.6) is 0 Å². The zero-order valence-corrected chi connectivity index (χ0v) is 19.1. The summed E-state index contributed by atoms with van der Waals surface area (Å²) >= 11 is 0. The molecule has 0 aromatic carbocycles. The minimum absolute atomic E-state index is 0.0467. The second-order valence-corrected chi connectivity index (χ2v) is 6.03. The van der Waals surface area contributed by atoms with Crippen molar-refractivity contribution in [2.24, 2.45) is 0 Å². The molecule has 0 aromatic heterocycles. The van der Waals surface area contributed by atoms with Gasteiger partial charge in [0.1, 0.15) is 0 Å². The van der Waals surface area contributed by atoms with Crippen molar-refractivity contribution < 1.29 is 4.79 Å². The average Bonchev–Trinajstić information content (AvgIpc) is 3.13. The summed E-state index contributed by atoms with van der Waals surface area (Å²) in [5.41, 5.74) is 0. The van der Waals surface area contributed by atoms with Crippen molar-refractivity contribution in [2.45, 2.75) is 99.1 Å². The fraction of sp³-hybridized carbons (Fsp3) is 0.952. The molecule has 1 saturated heterocycles. The minimum Gasteiger partial charge on any atom is -0.347 e. The van der Waals surface area contributed by atoms with Crippen LogP contribution in [0.3, 0.4) is 0 Å². The molecule has 154 valence electrons. The molecular weight excluding hydrogens is 310 g/mol.